The molecule has 0 aliphatic heterocycles. The molecular formula is C16H12N2O3. The third kappa shape index (κ3) is 2.92. The van der Waals surface area contributed by atoms with Crippen LogP contribution in [0.25, 0.3) is 11.3 Å². The Labute approximate surface area is 120 Å². The van der Waals surface area contributed by atoms with E-state index in [1.807, 2.05) is 54.6 Å². The van der Waals surface area contributed by atoms with Gasteiger partial charge >= 0.3 is 0 Å². The number of rotatable bonds is 4. The monoisotopic (exact) mass is 280 g/mol. The highest BCUT2D eigenvalue weighted by molar-refractivity contribution is 5.90. The quantitative estimate of drug-likeness (QED) is 0.795. The van der Waals surface area contributed by atoms with E-state index in [0.717, 1.165) is 11.3 Å². The molecular weight excluding hydrogens is 268 g/mol. The predicted molar refractivity (Wildman–Crippen MR) is 77.0 cm³/mol. The number of para-hydroxylation sites is 1. The molecule has 0 bridgehead atoms. The van der Waals surface area contributed by atoms with Crippen molar-refractivity contribution in [3.63, 3.8) is 0 Å². The minimum absolute atomic E-state index is 0.0367. The van der Waals surface area contributed by atoms with Gasteiger partial charge in [-0.15, -0.1) is 0 Å². The number of primary amides is 1. The Morgan fingerprint density at radius 1 is 1.00 bits per heavy atom. The van der Waals surface area contributed by atoms with Crippen LogP contribution in [0.3, 0.4) is 0 Å². The largest absolute Gasteiger partial charge is 0.457 e. The lowest BCUT2D eigenvalue weighted by atomic mass is 10.1. The molecule has 0 aliphatic carbocycles. The molecule has 104 valence electrons. The van der Waals surface area contributed by atoms with E-state index >= 15 is 0 Å². The molecule has 2 N–H and O–H groups in total. The van der Waals surface area contributed by atoms with Crippen molar-refractivity contribution in [2.75, 3.05) is 0 Å². The van der Waals surface area contributed by atoms with Crippen molar-refractivity contribution >= 4 is 5.91 Å². The normalized spacial score (nSPS) is 10.3. The third-order valence-corrected chi connectivity index (χ3v) is 2.88. The van der Waals surface area contributed by atoms with Crippen LogP contribution in [-0.4, -0.2) is 11.1 Å². The van der Waals surface area contributed by atoms with Crippen LogP contribution in [0.2, 0.25) is 0 Å². The smallest absolute Gasteiger partial charge is 0.287 e. The molecule has 21 heavy (non-hydrogen) atoms. The molecule has 0 atom stereocenters. The molecule has 0 aliphatic rings. The zero-order valence-electron chi connectivity index (χ0n) is 11.0. The van der Waals surface area contributed by atoms with E-state index < -0.39 is 5.91 Å². The molecule has 0 fully saturated rings. The lowest BCUT2D eigenvalue weighted by Crippen LogP contribution is -2.09. The van der Waals surface area contributed by atoms with Crippen molar-refractivity contribution in [2.45, 2.75) is 0 Å². The van der Waals surface area contributed by atoms with Gasteiger partial charge in [0.15, 0.2) is 0 Å². The fourth-order valence-corrected chi connectivity index (χ4v) is 1.85. The van der Waals surface area contributed by atoms with E-state index in [0.29, 0.717) is 11.4 Å². The van der Waals surface area contributed by atoms with Gasteiger partial charge < -0.3 is 15.0 Å². The molecule has 0 saturated carbocycles. The SMILES string of the molecule is NC(=O)c1cc(-c2ccc(Oc3ccccc3)cc2)no1. The summed E-state index contributed by atoms with van der Waals surface area (Å²) >= 11 is 0. The number of ether oxygens (including phenoxy) is 1. The number of amides is 1. The molecule has 1 heterocycles. The van der Waals surface area contributed by atoms with Crippen LogP contribution >= 0.6 is 0 Å². The van der Waals surface area contributed by atoms with Gasteiger partial charge in [0.25, 0.3) is 5.91 Å². The first-order valence-corrected chi connectivity index (χ1v) is 6.32. The van der Waals surface area contributed by atoms with Crippen molar-refractivity contribution < 1.29 is 14.1 Å². The lowest BCUT2D eigenvalue weighted by molar-refractivity contribution is 0.0965. The Morgan fingerprint density at radius 3 is 2.29 bits per heavy atom. The molecule has 0 saturated heterocycles. The predicted octanol–water partition coefficient (Wildman–Crippen LogP) is 3.23. The van der Waals surface area contributed by atoms with E-state index in [4.69, 9.17) is 15.0 Å². The van der Waals surface area contributed by atoms with E-state index in [1.165, 1.54) is 6.07 Å². The van der Waals surface area contributed by atoms with Gasteiger partial charge in [-0.05, 0) is 36.4 Å². The molecule has 3 aromatic rings. The summed E-state index contributed by atoms with van der Waals surface area (Å²) < 4.78 is 10.5. The van der Waals surface area contributed by atoms with Crippen LogP contribution in [0, 0.1) is 0 Å². The fourth-order valence-electron chi connectivity index (χ4n) is 1.85. The second kappa shape index (κ2) is 5.50. The van der Waals surface area contributed by atoms with Gasteiger partial charge in [-0.3, -0.25) is 4.79 Å². The maximum atomic E-state index is 11.0. The van der Waals surface area contributed by atoms with Crippen LogP contribution in [0.5, 0.6) is 11.5 Å². The number of nitrogens with zero attached hydrogens (tertiary/aromatic N) is 1. The number of benzene rings is 2. The van der Waals surface area contributed by atoms with Gasteiger partial charge in [0.05, 0.1) is 0 Å². The summed E-state index contributed by atoms with van der Waals surface area (Å²) in [6.07, 6.45) is 0. The van der Waals surface area contributed by atoms with Gasteiger partial charge in [0.2, 0.25) is 5.76 Å². The second-order valence-corrected chi connectivity index (χ2v) is 4.38. The summed E-state index contributed by atoms with van der Waals surface area (Å²) in [6, 6.07) is 18.3. The first-order valence-electron chi connectivity index (χ1n) is 6.32. The van der Waals surface area contributed by atoms with Crippen molar-refractivity contribution in [3.05, 3.63) is 66.4 Å². The lowest BCUT2D eigenvalue weighted by Gasteiger charge is -2.05. The molecule has 0 unspecified atom stereocenters. The highest BCUT2D eigenvalue weighted by atomic mass is 16.5. The van der Waals surface area contributed by atoms with Crippen molar-refractivity contribution in [3.8, 4) is 22.8 Å². The number of carbonyl (C=O) groups is 1. The van der Waals surface area contributed by atoms with E-state index in [9.17, 15) is 4.79 Å². The number of carbonyl (C=O) groups excluding carboxylic acids is 1. The number of aromatic nitrogens is 1. The first kappa shape index (κ1) is 12.9. The van der Waals surface area contributed by atoms with Gasteiger partial charge in [-0.25, -0.2) is 0 Å². The van der Waals surface area contributed by atoms with E-state index in [1.54, 1.807) is 0 Å². The van der Waals surface area contributed by atoms with Crippen LogP contribution < -0.4 is 10.5 Å². The van der Waals surface area contributed by atoms with Gasteiger partial charge in [0, 0.05) is 11.6 Å². The van der Waals surface area contributed by atoms with Crippen LogP contribution in [0.4, 0.5) is 0 Å². The minimum atomic E-state index is -0.641. The minimum Gasteiger partial charge on any atom is -0.457 e. The molecule has 1 aromatic heterocycles. The summed E-state index contributed by atoms with van der Waals surface area (Å²) in [6.45, 7) is 0. The summed E-state index contributed by atoms with van der Waals surface area (Å²) in [4.78, 5) is 11.0. The maximum absolute atomic E-state index is 11.0. The number of hydrogen-bond donors (Lipinski definition) is 1. The molecule has 0 radical (unpaired) electrons. The van der Waals surface area contributed by atoms with E-state index in [-0.39, 0.29) is 5.76 Å². The van der Waals surface area contributed by atoms with Crippen molar-refractivity contribution in [1.82, 2.24) is 5.16 Å². The van der Waals surface area contributed by atoms with Crippen LogP contribution in [0.15, 0.2) is 65.2 Å². The Hall–Kier alpha value is -3.08. The molecule has 0 spiro atoms. The summed E-state index contributed by atoms with van der Waals surface area (Å²) in [5.41, 5.74) is 6.49. The summed E-state index contributed by atoms with van der Waals surface area (Å²) in [5, 5.41) is 3.80. The Kier molecular flexibility index (Phi) is 3.39. The van der Waals surface area contributed by atoms with Crippen molar-refractivity contribution in [1.29, 1.82) is 0 Å². The van der Waals surface area contributed by atoms with Crippen LogP contribution in [-0.2, 0) is 0 Å². The second-order valence-electron chi connectivity index (χ2n) is 4.38. The van der Waals surface area contributed by atoms with Gasteiger partial charge in [-0.2, -0.15) is 0 Å². The summed E-state index contributed by atoms with van der Waals surface area (Å²) in [7, 11) is 0. The molecule has 2 aromatic carbocycles. The van der Waals surface area contributed by atoms with E-state index in [2.05, 4.69) is 5.16 Å². The Bertz CT molecular complexity index is 749. The van der Waals surface area contributed by atoms with Crippen molar-refractivity contribution in [2.24, 2.45) is 5.73 Å². The summed E-state index contributed by atoms with van der Waals surface area (Å²) in [5.74, 6) is 0.874. The molecule has 5 heteroatoms. The maximum Gasteiger partial charge on any atom is 0.287 e. The Balaban J connectivity index is 1.78. The zero-order chi connectivity index (χ0) is 14.7. The third-order valence-electron chi connectivity index (χ3n) is 2.88. The van der Waals surface area contributed by atoms with Crippen LogP contribution in [0.1, 0.15) is 10.6 Å². The zero-order valence-corrected chi connectivity index (χ0v) is 11.0. The average molecular weight is 280 g/mol. The first-order chi connectivity index (χ1) is 10.2. The molecule has 5 nitrogen and oxygen atoms in total. The highest BCUT2D eigenvalue weighted by Crippen LogP contribution is 2.25. The van der Waals surface area contributed by atoms with Gasteiger partial charge in [-0.1, -0.05) is 23.4 Å². The van der Waals surface area contributed by atoms with Gasteiger partial charge in [0.1, 0.15) is 17.2 Å². The standard InChI is InChI=1S/C16H12N2O3/c17-16(19)15-10-14(18-21-15)11-6-8-13(9-7-11)20-12-4-2-1-3-5-12/h1-10H,(H2,17,19). The Morgan fingerprint density at radius 2 is 1.67 bits per heavy atom. The topological polar surface area (TPSA) is 78.4 Å². The highest BCUT2D eigenvalue weighted by Gasteiger charge is 2.10. The average Bonchev–Trinajstić information content (AvgIpc) is 2.99. The number of nitrogens with two attached hydrogens (primary N) is 1. The fraction of sp³-hybridized carbons (Fsp3) is 0. The number of hydrogen-bond acceptors (Lipinski definition) is 4. The molecule has 1 amide bonds. The molecule has 3 rings (SSSR count).